The second kappa shape index (κ2) is 3.88. The molecule has 2 fully saturated rings. The molecule has 51 valence electrons. The van der Waals surface area contributed by atoms with Gasteiger partial charge in [-0.1, -0.05) is 50.2 Å². The Bertz CT molecular complexity index is 85.4. The smallest absolute Gasteiger partial charge is 0.0654 e. The topological polar surface area (TPSA) is 0 Å². The zero-order chi connectivity index (χ0) is 6.10. The first-order chi connectivity index (χ1) is 4.45. The minimum atomic E-state index is 0. The average Bonchev–Trinajstić information content (AvgIpc) is 1.88. The fraction of sp³-hybridized carbons (Fsp3) is 1.00. The van der Waals surface area contributed by atoms with E-state index in [1.54, 1.807) is 33.0 Å². The van der Waals surface area contributed by atoms with E-state index in [9.17, 15) is 0 Å². The van der Waals surface area contributed by atoms with Gasteiger partial charge in [0.2, 0.25) is 0 Å². The molecule has 2 bridgehead atoms. The number of hydrogen-bond donors (Lipinski definition) is 0. The van der Waals surface area contributed by atoms with Crippen molar-refractivity contribution in [3.63, 3.8) is 0 Å². The van der Waals surface area contributed by atoms with E-state index in [0.29, 0.717) is 0 Å². The summed E-state index contributed by atoms with van der Waals surface area (Å²) in [7, 11) is 1.58. The molecule has 2 aliphatic rings. The van der Waals surface area contributed by atoms with Crippen molar-refractivity contribution in [3.8, 4) is 0 Å². The van der Waals surface area contributed by atoms with Crippen molar-refractivity contribution < 1.29 is 0 Å². The van der Waals surface area contributed by atoms with Crippen LogP contribution < -0.4 is 0 Å². The summed E-state index contributed by atoms with van der Waals surface area (Å²) >= 11 is 0. The van der Waals surface area contributed by atoms with Crippen LogP contribution in [-0.4, -0.2) is 26.1 Å². The minimum Gasteiger partial charge on any atom is -0.0654 e. The van der Waals surface area contributed by atoms with Crippen LogP contribution in [0.3, 0.4) is 0 Å². The molecule has 0 nitrogen and oxygen atoms in total. The first-order valence-corrected chi connectivity index (χ1v) is 4.45. The summed E-state index contributed by atoms with van der Waals surface area (Å²) in [6, 6.07) is 0. The molecule has 2 heterocycles. The van der Waals surface area contributed by atoms with Gasteiger partial charge in [-0.15, -0.1) is 0 Å². The number of hydrogen-bond acceptors (Lipinski definition) is 0. The maximum atomic E-state index is 1.58. The normalized spacial score (nSPS) is 37.6. The maximum absolute atomic E-state index is 1.58. The van der Waals surface area contributed by atoms with Crippen molar-refractivity contribution in [3.05, 3.63) is 0 Å². The Morgan fingerprint density at radius 2 is 1.20 bits per heavy atom. The third kappa shape index (κ3) is 1.83. The van der Waals surface area contributed by atoms with Crippen LogP contribution in [0.2, 0.25) is 11.6 Å². The van der Waals surface area contributed by atoms with E-state index >= 15 is 0 Å². The third-order valence-corrected chi connectivity index (χ3v) is 3.12. The van der Waals surface area contributed by atoms with Crippen LogP contribution in [0, 0.1) is 0 Å². The second-order valence-corrected chi connectivity index (χ2v) is 3.83. The van der Waals surface area contributed by atoms with E-state index in [1.165, 1.54) is 12.8 Å². The molecule has 0 aromatic heterocycles. The van der Waals surface area contributed by atoms with Crippen molar-refractivity contribution in [2.24, 2.45) is 0 Å². The van der Waals surface area contributed by atoms with E-state index < -0.39 is 0 Å². The Morgan fingerprint density at radius 3 is 1.50 bits per heavy atom. The molecule has 0 N–H and O–H groups in total. The zero-order valence-electron chi connectivity index (χ0n) is 7.10. The molecule has 0 aromatic carbocycles. The molecule has 10 heavy (non-hydrogen) atoms. The summed E-state index contributed by atoms with van der Waals surface area (Å²) in [6.07, 6.45) is 9.28. The molecule has 0 unspecified atom stereocenters. The molecule has 0 atom stereocenters. The quantitative estimate of drug-likeness (QED) is 0.438. The van der Waals surface area contributed by atoms with Gasteiger partial charge in [-0.2, -0.15) is 0 Å². The second-order valence-electron chi connectivity index (χ2n) is 3.83. The first kappa shape index (κ1) is 8.76. The van der Waals surface area contributed by atoms with Crippen LogP contribution >= 0.6 is 0 Å². The maximum Gasteiger partial charge on any atom is 0.127 e. The van der Waals surface area contributed by atoms with Gasteiger partial charge in [-0.3, -0.25) is 0 Å². The van der Waals surface area contributed by atoms with E-state index in [1.807, 2.05) is 0 Å². The van der Waals surface area contributed by atoms with E-state index in [0.717, 1.165) is 11.6 Å². The van der Waals surface area contributed by atoms with Gasteiger partial charge < -0.3 is 0 Å². The average molecular weight is 129 g/mol. The van der Waals surface area contributed by atoms with Crippen LogP contribution in [0.1, 0.15) is 38.5 Å². The van der Waals surface area contributed by atoms with Crippen LogP contribution in [-0.2, 0) is 0 Å². The molecule has 0 aromatic rings. The predicted molar refractivity (Wildman–Crippen MR) is 48.1 cm³/mol. The predicted octanol–water partition coefficient (Wildman–Crippen LogP) is 1.99. The minimum absolute atomic E-state index is 0. The molecule has 0 saturated carbocycles. The van der Waals surface area contributed by atoms with Crippen molar-refractivity contribution in [1.82, 2.24) is 0 Å². The Labute approximate surface area is 76.6 Å². The van der Waals surface area contributed by atoms with Gasteiger partial charge in [0.15, 0.2) is 0 Å². The molecule has 2 saturated heterocycles. The van der Waals surface area contributed by atoms with Gasteiger partial charge in [0.1, 0.15) is 7.28 Å². The van der Waals surface area contributed by atoms with Gasteiger partial charge in [0.05, 0.1) is 0 Å². The van der Waals surface area contributed by atoms with E-state index in [4.69, 9.17) is 0 Å². The molecule has 2 aliphatic heterocycles. The summed E-state index contributed by atoms with van der Waals surface area (Å²) in [4.78, 5) is 0. The number of fused-ring (bicyclic) bond motifs is 2. The van der Waals surface area contributed by atoms with Crippen molar-refractivity contribution in [2.45, 2.75) is 50.2 Å². The van der Waals surface area contributed by atoms with Crippen molar-refractivity contribution >= 4 is 26.1 Å². The Balaban J connectivity index is 0.000000500. The standard InChI is InChI=1S/C8H15B.Li/c1-3-7-5-2-6-8(4-1)9-7;/h7-9H,1-6H2;. The SMILES string of the molecule is B1C2CCCC1CCC2.[Li]. The van der Waals surface area contributed by atoms with Gasteiger partial charge in [-0.25, -0.2) is 0 Å². The Kier molecular flexibility index (Phi) is 3.40. The van der Waals surface area contributed by atoms with E-state index in [2.05, 4.69) is 0 Å². The molecule has 0 aliphatic carbocycles. The molecule has 0 spiro atoms. The van der Waals surface area contributed by atoms with Gasteiger partial charge in [-0.05, 0) is 0 Å². The van der Waals surface area contributed by atoms with Crippen LogP contribution in [0.4, 0.5) is 0 Å². The molecule has 2 heteroatoms. The van der Waals surface area contributed by atoms with Crippen molar-refractivity contribution in [1.29, 1.82) is 0 Å². The summed E-state index contributed by atoms with van der Waals surface area (Å²) in [6.45, 7) is 0. The molecular formula is C8H15BLi. The summed E-state index contributed by atoms with van der Waals surface area (Å²) in [5.41, 5.74) is 0. The Hall–Kier alpha value is 0.662. The summed E-state index contributed by atoms with van der Waals surface area (Å²) < 4.78 is 0. The van der Waals surface area contributed by atoms with Crippen molar-refractivity contribution in [2.75, 3.05) is 0 Å². The Morgan fingerprint density at radius 1 is 0.800 bits per heavy atom. The largest absolute Gasteiger partial charge is 0.127 e. The first-order valence-electron chi connectivity index (χ1n) is 4.45. The molecule has 0 amide bonds. The van der Waals surface area contributed by atoms with Crippen LogP contribution in [0.15, 0.2) is 0 Å². The summed E-state index contributed by atoms with van der Waals surface area (Å²) in [5, 5.41) is 0. The fourth-order valence-electron chi connectivity index (χ4n) is 2.62. The molecule has 1 radical (unpaired) electrons. The molecular weight excluding hydrogens is 114 g/mol. The van der Waals surface area contributed by atoms with Crippen LogP contribution in [0.25, 0.3) is 0 Å². The number of rotatable bonds is 0. The zero-order valence-corrected chi connectivity index (χ0v) is 7.10. The van der Waals surface area contributed by atoms with Gasteiger partial charge >= 0.3 is 0 Å². The van der Waals surface area contributed by atoms with Gasteiger partial charge in [0.25, 0.3) is 0 Å². The van der Waals surface area contributed by atoms with E-state index in [-0.39, 0.29) is 18.9 Å². The third-order valence-electron chi connectivity index (χ3n) is 3.12. The van der Waals surface area contributed by atoms with Crippen LogP contribution in [0.5, 0.6) is 0 Å². The fourth-order valence-corrected chi connectivity index (χ4v) is 2.62. The monoisotopic (exact) mass is 129 g/mol. The summed E-state index contributed by atoms with van der Waals surface area (Å²) in [5.74, 6) is 2.30. The van der Waals surface area contributed by atoms with Gasteiger partial charge in [0, 0.05) is 18.9 Å². The molecule has 2 rings (SSSR count).